The molecule has 2 fully saturated rings. The number of rotatable bonds is 13. The van der Waals surface area contributed by atoms with Gasteiger partial charge >= 0.3 is 0 Å². The molecule has 0 spiro atoms. The van der Waals surface area contributed by atoms with E-state index in [9.17, 15) is 20.1 Å². The molecule has 6 atom stereocenters. The molecule has 0 aromatic heterocycles. The van der Waals surface area contributed by atoms with Gasteiger partial charge in [-0.2, -0.15) is 0 Å². The Morgan fingerprint density at radius 1 is 1.06 bits per heavy atom. The molecule has 31 heavy (non-hydrogen) atoms. The van der Waals surface area contributed by atoms with Crippen molar-refractivity contribution >= 4 is 5.91 Å². The lowest BCUT2D eigenvalue weighted by molar-refractivity contribution is -0.364. The summed E-state index contributed by atoms with van der Waals surface area (Å²) in [6, 6.07) is -1.03. The molecule has 0 bridgehead atoms. The van der Waals surface area contributed by atoms with Gasteiger partial charge in [0, 0.05) is 0 Å². The van der Waals surface area contributed by atoms with E-state index >= 15 is 0 Å². The van der Waals surface area contributed by atoms with Crippen molar-refractivity contribution < 1.29 is 34.3 Å². The van der Waals surface area contributed by atoms with Crippen LogP contribution in [0.1, 0.15) is 91.4 Å². The molecule has 0 saturated carbocycles. The van der Waals surface area contributed by atoms with Gasteiger partial charge in [0.05, 0.1) is 19.1 Å². The van der Waals surface area contributed by atoms with E-state index in [1.165, 1.54) is 38.5 Å². The zero-order chi connectivity index (χ0) is 22.9. The second kappa shape index (κ2) is 13.1. The van der Waals surface area contributed by atoms with Gasteiger partial charge in [-0.3, -0.25) is 4.79 Å². The third-order valence-electron chi connectivity index (χ3n) is 6.10. The summed E-state index contributed by atoms with van der Waals surface area (Å²) in [7, 11) is 0. The van der Waals surface area contributed by atoms with Gasteiger partial charge in [-0.15, -0.1) is 0 Å². The molecule has 2 rings (SSSR count). The number of aliphatic hydroxyl groups is 3. The number of nitrogens with one attached hydrogen (secondary N) is 1. The van der Waals surface area contributed by atoms with E-state index in [0.717, 1.165) is 19.3 Å². The van der Waals surface area contributed by atoms with Crippen LogP contribution in [0, 0.1) is 0 Å². The molecule has 4 N–H and O–H groups in total. The maximum atomic E-state index is 12.3. The van der Waals surface area contributed by atoms with Gasteiger partial charge in [-0.05, 0) is 20.3 Å². The van der Waals surface area contributed by atoms with Gasteiger partial charge in [0.2, 0.25) is 5.91 Å². The molecule has 1 amide bonds. The van der Waals surface area contributed by atoms with Crippen LogP contribution in [0.3, 0.4) is 0 Å². The number of amides is 1. The average molecular weight is 446 g/mol. The number of ether oxygens (including phenoxy) is 3. The normalized spacial score (nSPS) is 31.1. The van der Waals surface area contributed by atoms with E-state index < -0.39 is 48.4 Å². The molecule has 0 aromatic carbocycles. The Bertz CT molecular complexity index is 530. The van der Waals surface area contributed by atoms with E-state index in [4.69, 9.17) is 14.2 Å². The van der Waals surface area contributed by atoms with Gasteiger partial charge in [0.1, 0.15) is 24.4 Å². The molecule has 8 heteroatoms. The maximum Gasteiger partial charge on any atom is 0.223 e. The largest absolute Gasteiger partial charge is 0.393 e. The summed E-state index contributed by atoms with van der Waals surface area (Å²) in [6.45, 7) is 5.87. The predicted molar refractivity (Wildman–Crippen MR) is 116 cm³/mol. The molecule has 2 saturated heterocycles. The van der Waals surface area contributed by atoms with E-state index in [1.54, 1.807) is 13.8 Å². The predicted octanol–water partition coefficient (Wildman–Crippen LogP) is 2.37. The Morgan fingerprint density at radius 3 is 2.32 bits per heavy atom. The minimum Gasteiger partial charge on any atom is -0.393 e. The van der Waals surface area contributed by atoms with Crippen LogP contribution in [0.25, 0.3) is 0 Å². The molecule has 0 aliphatic carbocycles. The van der Waals surface area contributed by atoms with Crippen LogP contribution >= 0.6 is 0 Å². The number of unbranched alkanes of at least 4 members (excludes halogenated alkanes) is 8. The fraction of sp³-hybridized carbons (Fsp3) is 0.957. The number of hydrogen-bond donors (Lipinski definition) is 4. The second-order valence-corrected chi connectivity index (χ2v) is 9.42. The van der Waals surface area contributed by atoms with Crippen LogP contribution in [0.15, 0.2) is 0 Å². The zero-order valence-corrected chi connectivity index (χ0v) is 19.4. The highest BCUT2D eigenvalue weighted by Crippen LogP contribution is 2.31. The lowest BCUT2D eigenvalue weighted by Crippen LogP contribution is -2.68. The van der Waals surface area contributed by atoms with Crippen molar-refractivity contribution in [3.8, 4) is 0 Å². The molecule has 0 unspecified atom stereocenters. The molecular weight excluding hydrogens is 402 g/mol. The number of carbonyl (C=O) groups excluding carboxylic acids is 1. The molecule has 8 nitrogen and oxygen atoms in total. The van der Waals surface area contributed by atoms with Gasteiger partial charge < -0.3 is 34.8 Å². The summed E-state index contributed by atoms with van der Waals surface area (Å²) in [5.74, 6) is -1.31. The SMILES string of the molecule is CCCCCCCCCCC[C@@H](O)CC(=O)N[C@@H]1[C@@H](O)[C@@H]2OC(C)(C)OC[C@H]2O[C@H]1O. The first kappa shape index (κ1) is 26.5. The van der Waals surface area contributed by atoms with Crippen molar-refractivity contribution in [1.29, 1.82) is 0 Å². The third kappa shape index (κ3) is 8.94. The molecule has 2 heterocycles. The first-order chi connectivity index (χ1) is 14.7. The second-order valence-electron chi connectivity index (χ2n) is 9.42. The molecular formula is C23H43NO7. The summed E-state index contributed by atoms with van der Waals surface area (Å²) < 4.78 is 16.7. The molecule has 0 aromatic rings. The summed E-state index contributed by atoms with van der Waals surface area (Å²) in [6.07, 6.45) is 6.70. The van der Waals surface area contributed by atoms with Crippen LogP contribution in [-0.4, -0.2) is 70.4 Å². The van der Waals surface area contributed by atoms with Gasteiger partial charge in [-0.25, -0.2) is 0 Å². The van der Waals surface area contributed by atoms with Gasteiger partial charge in [0.25, 0.3) is 0 Å². The van der Waals surface area contributed by atoms with Crippen LogP contribution in [-0.2, 0) is 19.0 Å². The Morgan fingerprint density at radius 2 is 1.68 bits per heavy atom. The van der Waals surface area contributed by atoms with E-state index in [0.29, 0.717) is 6.42 Å². The Labute approximate surface area is 186 Å². The van der Waals surface area contributed by atoms with E-state index in [1.807, 2.05) is 0 Å². The highest BCUT2D eigenvalue weighted by Gasteiger charge is 2.50. The van der Waals surface area contributed by atoms with Crippen LogP contribution in [0.4, 0.5) is 0 Å². The zero-order valence-electron chi connectivity index (χ0n) is 19.4. The van der Waals surface area contributed by atoms with Gasteiger partial charge in [-0.1, -0.05) is 64.7 Å². The van der Waals surface area contributed by atoms with Crippen molar-refractivity contribution in [2.45, 2.75) is 134 Å². The fourth-order valence-corrected chi connectivity index (χ4v) is 4.27. The van der Waals surface area contributed by atoms with Crippen LogP contribution in [0.2, 0.25) is 0 Å². The quantitative estimate of drug-likeness (QED) is 0.322. The number of hydrogen-bond acceptors (Lipinski definition) is 7. The smallest absolute Gasteiger partial charge is 0.223 e. The number of carbonyl (C=O) groups is 1. The highest BCUT2D eigenvalue weighted by atomic mass is 16.7. The lowest BCUT2D eigenvalue weighted by Gasteiger charge is -2.48. The minimum atomic E-state index is -1.37. The lowest BCUT2D eigenvalue weighted by atomic mass is 9.95. The van der Waals surface area contributed by atoms with E-state index in [2.05, 4.69) is 12.2 Å². The monoisotopic (exact) mass is 445 g/mol. The molecule has 2 aliphatic rings. The van der Waals surface area contributed by atoms with Crippen LogP contribution < -0.4 is 5.32 Å². The first-order valence-corrected chi connectivity index (χ1v) is 12.0. The summed E-state index contributed by atoms with van der Waals surface area (Å²) >= 11 is 0. The van der Waals surface area contributed by atoms with Crippen molar-refractivity contribution in [3.63, 3.8) is 0 Å². The summed E-state index contributed by atoms with van der Waals surface area (Å²) in [5.41, 5.74) is 0. The van der Waals surface area contributed by atoms with E-state index in [-0.39, 0.29) is 13.0 Å². The van der Waals surface area contributed by atoms with Crippen molar-refractivity contribution in [1.82, 2.24) is 5.32 Å². The Kier molecular flexibility index (Phi) is 11.2. The minimum absolute atomic E-state index is 0.0729. The summed E-state index contributed by atoms with van der Waals surface area (Å²) in [4.78, 5) is 12.3. The van der Waals surface area contributed by atoms with Crippen LogP contribution in [0.5, 0.6) is 0 Å². The van der Waals surface area contributed by atoms with Crippen molar-refractivity contribution in [3.05, 3.63) is 0 Å². The third-order valence-corrected chi connectivity index (χ3v) is 6.10. The van der Waals surface area contributed by atoms with Gasteiger partial charge in [0.15, 0.2) is 12.1 Å². The first-order valence-electron chi connectivity index (χ1n) is 12.0. The topological polar surface area (TPSA) is 117 Å². The van der Waals surface area contributed by atoms with Crippen molar-refractivity contribution in [2.24, 2.45) is 0 Å². The molecule has 2 aliphatic heterocycles. The highest BCUT2D eigenvalue weighted by molar-refractivity contribution is 5.76. The standard InChI is InChI=1S/C23H43NO7/c1-4-5-6-7-8-9-10-11-12-13-16(25)14-18(26)24-19-20(27)21-17(30-22(19)28)15-29-23(2,3)31-21/h16-17,19-22,25,27-28H,4-15H2,1-3H3,(H,24,26)/t16-,17-,19-,20-,21-,22-/m1/s1. The molecule has 0 radical (unpaired) electrons. The number of fused-ring (bicyclic) bond motifs is 1. The number of aliphatic hydroxyl groups excluding tert-OH is 3. The average Bonchev–Trinajstić information content (AvgIpc) is 2.70. The maximum absolute atomic E-state index is 12.3. The van der Waals surface area contributed by atoms with Crippen molar-refractivity contribution in [2.75, 3.05) is 6.61 Å². The Hall–Kier alpha value is -0.770. The fourth-order valence-electron chi connectivity index (χ4n) is 4.27. The Balaban J connectivity index is 1.64. The summed E-state index contributed by atoms with van der Waals surface area (Å²) in [5, 5.41) is 33.6. The molecule has 182 valence electrons.